The molecular weight excluding hydrogens is 574 g/mol. The molecule has 10 rings (SSSR count). The van der Waals surface area contributed by atoms with Crippen molar-refractivity contribution in [3.8, 4) is 11.1 Å². The number of fused-ring (bicyclic) bond motifs is 10. The molecule has 0 amide bonds. The van der Waals surface area contributed by atoms with Crippen molar-refractivity contribution in [2.24, 2.45) is 0 Å². The Bertz CT molecular complexity index is 2810. The fourth-order valence-corrected chi connectivity index (χ4v) is 7.32. The van der Waals surface area contributed by atoms with Crippen molar-refractivity contribution in [1.82, 2.24) is 0 Å². The van der Waals surface area contributed by atoms with Crippen LogP contribution in [0.25, 0.3) is 76.5 Å². The number of para-hydroxylation sites is 1. The van der Waals surface area contributed by atoms with Crippen LogP contribution in [0.2, 0.25) is 0 Å². The van der Waals surface area contributed by atoms with Gasteiger partial charge in [-0.15, -0.1) is 0 Å². The quantitative estimate of drug-likeness (QED) is 0.201. The van der Waals surface area contributed by atoms with E-state index in [-0.39, 0.29) is 0 Å². The summed E-state index contributed by atoms with van der Waals surface area (Å²) in [7, 11) is 0. The van der Waals surface area contributed by atoms with E-state index < -0.39 is 0 Å². The van der Waals surface area contributed by atoms with Crippen LogP contribution in [0.1, 0.15) is 0 Å². The van der Waals surface area contributed by atoms with Crippen LogP contribution in [-0.2, 0) is 0 Å². The lowest BCUT2D eigenvalue weighted by Crippen LogP contribution is -2.10. The average Bonchev–Trinajstić information content (AvgIpc) is 3.71. The van der Waals surface area contributed by atoms with Crippen molar-refractivity contribution in [2.75, 3.05) is 4.90 Å². The van der Waals surface area contributed by atoms with Gasteiger partial charge in [-0.25, -0.2) is 0 Å². The molecule has 0 saturated carbocycles. The third-order valence-electron chi connectivity index (χ3n) is 9.42. The summed E-state index contributed by atoms with van der Waals surface area (Å²) in [5.74, 6) is 0. The van der Waals surface area contributed by atoms with Gasteiger partial charge in [0.2, 0.25) is 0 Å². The Hall–Kier alpha value is -6.32. The van der Waals surface area contributed by atoms with Gasteiger partial charge in [0.25, 0.3) is 0 Å². The number of nitrogens with zero attached hydrogens (tertiary/aromatic N) is 1. The molecule has 0 atom stereocenters. The maximum atomic E-state index is 6.58. The molecule has 220 valence electrons. The van der Waals surface area contributed by atoms with Crippen LogP contribution in [0, 0.1) is 0 Å². The van der Waals surface area contributed by atoms with Gasteiger partial charge in [0.15, 0.2) is 0 Å². The first kappa shape index (κ1) is 26.0. The highest BCUT2D eigenvalue weighted by Gasteiger charge is 2.21. The van der Waals surface area contributed by atoms with E-state index in [0.717, 1.165) is 77.3 Å². The summed E-state index contributed by atoms with van der Waals surface area (Å²) in [5, 5.41) is 9.20. The molecule has 0 unspecified atom stereocenters. The van der Waals surface area contributed by atoms with Crippen molar-refractivity contribution in [3.05, 3.63) is 164 Å². The Morgan fingerprint density at radius 3 is 1.91 bits per heavy atom. The van der Waals surface area contributed by atoms with Gasteiger partial charge in [0.1, 0.15) is 22.3 Å². The van der Waals surface area contributed by atoms with Crippen LogP contribution in [0.15, 0.2) is 173 Å². The Kier molecular flexibility index (Phi) is 5.57. The maximum Gasteiger partial charge on any atom is 0.137 e. The Morgan fingerprint density at radius 2 is 1.00 bits per heavy atom. The molecule has 0 aliphatic carbocycles. The van der Waals surface area contributed by atoms with Crippen LogP contribution < -0.4 is 4.90 Å². The molecule has 2 aromatic heterocycles. The van der Waals surface area contributed by atoms with Crippen LogP contribution in [-0.4, -0.2) is 0 Å². The first-order valence-corrected chi connectivity index (χ1v) is 15.9. The lowest BCUT2D eigenvalue weighted by molar-refractivity contribution is 0.669. The van der Waals surface area contributed by atoms with E-state index in [0.29, 0.717) is 0 Å². The molecule has 0 fully saturated rings. The van der Waals surface area contributed by atoms with Gasteiger partial charge in [0, 0.05) is 44.4 Å². The van der Waals surface area contributed by atoms with Crippen molar-refractivity contribution in [1.29, 1.82) is 0 Å². The lowest BCUT2D eigenvalue weighted by Gasteiger charge is -2.27. The van der Waals surface area contributed by atoms with Gasteiger partial charge in [-0.3, -0.25) is 0 Å². The van der Waals surface area contributed by atoms with Crippen LogP contribution in [0.3, 0.4) is 0 Å². The molecule has 0 aliphatic rings. The summed E-state index contributed by atoms with van der Waals surface area (Å²) in [4.78, 5) is 2.36. The first-order chi connectivity index (χ1) is 23.3. The van der Waals surface area contributed by atoms with E-state index in [1.807, 2.05) is 12.1 Å². The molecule has 2 heterocycles. The van der Waals surface area contributed by atoms with Crippen molar-refractivity contribution >= 4 is 82.5 Å². The second kappa shape index (κ2) is 10.1. The predicted molar refractivity (Wildman–Crippen MR) is 196 cm³/mol. The monoisotopic (exact) mass is 601 g/mol. The zero-order chi connectivity index (χ0) is 30.9. The van der Waals surface area contributed by atoms with Gasteiger partial charge in [-0.1, -0.05) is 109 Å². The van der Waals surface area contributed by atoms with E-state index in [1.165, 1.54) is 16.3 Å². The van der Waals surface area contributed by atoms with E-state index in [1.54, 1.807) is 0 Å². The molecule has 0 bridgehead atoms. The van der Waals surface area contributed by atoms with Crippen molar-refractivity contribution in [3.63, 3.8) is 0 Å². The average molecular weight is 602 g/mol. The SMILES string of the molecule is c1ccc(-c2cccc(N(c3ccc4c(c3)oc3ccc5ccccc5c34)c3cccc4ccc5oc6ccccc6c5c34)c2)cc1. The third-order valence-corrected chi connectivity index (χ3v) is 9.42. The molecule has 3 nitrogen and oxygen atoms in total. The summed E-state index contributed by atoms with van der Waals surface area (Å²) in [6, 6.07) is 57.8. The summed E-state index contributed by atoms with van der Waals surface area (Å²) in [5.41, 5.74) is 9.00. The maximum absolute atomic E-state index is 6.58. The molecule has 8 aromatic carbocycles. The zero-order valence-corrected chi connectivity index (χ0v) is 25.4. The van der Waals surface area contributed by atoms with E-state index >= 15 is 0 Å². The Morgan fingerprint density at radius 1 is 0.340 bits per heavy atom. The second-order valence-electron chi connectivity index (χ2n) is 12.1. The number of benzene rings is 8. The zero-order valence-electron chi connectivity index (χ0n) is 25.4. The van der Waals surface area contributed by atoms with Crippen LogP contribution in [0.4, 0.5) is 17.1 Å². The van der Waals surface area contributed by atoms with Gasteiger partial charge in [-0.2, -0.15) is 0 Å². The fraction of sp³-hybridized carbons (Fsp3) is 0. The topological polar surface area (TPSA) is 29.5 Å². The third kappa shape index (κ3) is 4.00. The molecule has 10 aromatic rings. The number of rotatable bonds is 4. The smallest absolute Gasteiger partial charge is 0.137 e. The van der Waals surface area contributed by atoms with Crippen molar-refractivity contribution in [2.45, 2.75) is 0 Å². The van der Waals surface area contributed by atoms with Gasteiger partial charge in [0.05, 0.1) is 5.69 Å². The second-order valence-corrected chi connectivity index (χ2v) is 12.1. The number of hydrogen-bond acceptors (Lipinski definition) is 3. The Labute approximate surface area is 270 Å². The summed E-state index contributed by atoms with van der Waals surface area (Å²) in [6.07, 6.45) is 0. The van der Waals surface area contributed by atoms with E-state index in [9.17, 15) is 0 Å². The molecule has 0 radical (unpaired) electrons. The fourth-order valence-electron chi connectivity index (χ4n) is 7.32. The normalized spacial score (nSPS) is 11.8. The molecule has 0 spiro atoms. The van der Waals surface area contributed by atoms with E-state index in [2.05, 4.69) is 157 Å². The highest BCUT2D eigenvalue weighted by Crippen LogP contribution is 2.46. The Balaban J connectivity index is 1.28. The van der Waals surface area contributed by atoms with Gasteiger partial charge < -0.3 is 13.7 Å². The standard InChI is InChI=1S/C44H27NO2/c1-2-10-28(11-3-1)31-14-8-15-32(26-31)45(33-22-23-36-41(27-33)47-39-24-20-29-12-4-5-16-34(29)43(36)39)37-18-9-13-30-21-25-40-44(42(30)37)35-17-6-7-19-38(35)46-40/h1-27H. The van der Waals surface area contributed by atoms with Crippen LogP contribution in [0.5, 0.6) is 0 Å². The summed E-state index contributed by atoms with van der Waals surface area (Å²) >= 11 is 0. The minimum absolute atomic E-state index is 0.859. The number of hydrogen-bond donors (Lipinski definition) is 0. The van der Waals surface area contributed by atoms with Gasteiger partial charge >= 0.3 is 0 Å². The predicted octanol–water partition coefficient (Wildman–Crippen LogP) is 12.9. The summed E-state index contributed by atoms with van der Waals surface area (Å²) in [6.45, 7) is 0. The van der Waals surface area contributed by atoms with E-state index in [4.69, 9.17) is 8.83 Å². The largest absolute Gasteiger partial charge is 0.456 e. The first-order valence-electron chi connectivity index (χ1n) is 15.9. The molecule has 0 aliphatic heterocycles. The minimum atomic E-state index is 0.859. The van der Waals surface area contributed by atoms with Gasteiger partial charge in [-0.05, 0) is 75.8 Å². The summed E-state index contributed by atoms with van der Waals surface area (Å²) < 4.78 is 13.0. The molecule has 0 N–H and O–H groups in total. The highest BCUT2D eigenvalue weighted by atomic mass is 16.3. The molecular formula is C44H27NO2. The molecule has 3 heteroatoms. The molecule has 47 heavy (non-hydrogen) atoms. The number of anilines is 3. The highest BCUT2D eigenvalue weighted by molar-refractivity contribution is 6.24. The number of furan rings is 2. The minimum Gasteiger partial charge on any atom is -0.456 e. The lowest BCUT2D eigenvalue weighted by atomic mass is 9.99. The molecule has 0 saturated heterocycles. The van der Waals surface area contributed by atoms with Crippen LogP contribution >= 0.6 is 0 Å². The van der Waals surface area contributed by atoms with Crippen molar-refractivity contribution < 1.29 is 8.83 Å².